The Morgan fingerprint density at radius 3 is 2.17 bits per heavy atom. The second-order valence-electron chi connectivity index (χ2n) is 5.55. The molecule has 2 aromatic rings. The Morgan fingerprint density at radius 2 is 1.67 bits per heavy atom. The molecule has 0 radical (unpaired) electrons. The molecule has 0 saturated heterocycles. The number of hydrogen-bond acceptors (Lipinski definition) is 3. The zero-order valence-electron chi connectivity index (χ0n) is 13.5. The third-order valence-electron chi connectivity index (χ3n) is 3.84. The number of sulfone groups is 1. The molecule has 1 amide bonds. The van der Waals surface area contributed by atoms with E-state index in [0.717, 1.165) is 11.8 Å². The van der Waals surface area contributed by atoms with Crippen molar-refractivity contribution in [1.82, 2.24) is 4.90 Å². The van der Waals surface area contributed by atoms with Crippen LogP contribution in [-0.2, 0) is 9.84 Å². The van der Waals surface area contributed by atoms with E-state index < -0.39 is 9.84 Å². The van der Waals surface area contributed by atoms with Gasteiger partial charge in [0.15, 0.2) is 9.84 Å². The summed E-state index contributed by atoms with van der Waals surface area (Å²) in [5.41, 5.74) is 1.19. The highest BCUT2D eigenvalue weighted by atomic mass is 35.5. The first kappa shape index (κ1) is 18.8. The first-order chi connectivity index (χ1) is 11.1. The number of amides is 1. The molecule has 7 heteroatoms. The van der Waals surface area contributed by atoms with Crippen LogP contribution in [0, 0.1) is 0 Å². The number of rotatable bonds is 4. The maximum absolute atomic E-state index is 12.6. The van der Waals surface area contributed by atoms with Crippen LogP contribution in [0.4, 0.5) is 0 Å². The van der Waals surface area contributed by atoms with Gasteiger partial charge in [0.25, 0.3) is 5.91 Å². The summed E-state index contributed by atoms with van der Waals surface area (Å²) in [5, 5.41) is 1.02. The van der Waals surface area contributed by atoms with Gasteiger partial charge in [-0.15, -0.1) is 0 Å². The highest BCUT2D eigenvalue weighted by molar-refractivity contribution is 7.90. The van der Waals surface area contributed by atoms with Gasteiger partial charge in [0.2, 0.25) is 0 Å². The van der Waals surface area contributed by atoms with Crippen molar-refractivity contribution in [2.24, 2.45) is 0 Å². The largest absolute Gasteiger partial charge is 0.335 e. The maximum Gasteiger partial charge on any atom is 0.254 e. The van der Waals surface area contributed by atoms with E-state index in [1.165, 1.54) is 24.3 Å². The predicted molar refractivity (Wildman–Crippen MR) is 96.5 cm³/mol. The standard InChI is InChI=1S/C17H17Cl2NO3S/c1-11(15-9-6-13(18)10-16(15)19)20(2)17(21)12-4-7-14(8-5-12)24(3,22)23/h4-11H,1-3H3/t11-/m0/s1. The summed E-state index contributed by atoms with van der Waals surface area (Å²) in [6.45, 7) is 1.86. The lowest BCUT2D eigenvalue weighted by atomic mass is 10.1. The van der Waals surface area contributed by atoms with Gasteiger partial charge < -0.3 is 4.90 Å². The molecule has 0 aliphatic rings. The molecule has 2 rings (SSSR count). The van der Waals surface area contributed by atoms with Crippen LogP contribution in [0.2, 0.25) is 10.0 Å². The number of nitrogens with zero attached hydrogens (tertiary/aromatic N) is 1. The zero-order valence-corrected chi connectivity index (χ0v) is 15.8. The molecule has 0 aliphatic carbocycles. The Balaban J connectivity index is 2.25. The van der Waals surface area contributed by atoms with E-state index in [4.69, 9.17) is 23.2 Å². The monoisotopic (exact) mass is 385 g/mol. The van der Waals surface area contributed by atoms with Crippen LogP contribution in [0.1, 0.15) is 28.9 Å². The highest BCUT2D eigenvalue weighted by Gasteiger charge is 2.21. The summed E-state index contributed by atoms with van der Waals surface area (Å²) >= 11 is 12.1. The fraction of sp³-hybridized carbons (Fsp3) is 0.235. The third-order valence-corrected chi connectivity index (χ3v) is 5.53. The average molecular weight is 386 g/mol. The Hall–Kier alpha value is -1.56. The van der Waals surface area contributed by atoms with Crippen LogP contribution in [0.15, 0.2) is 47.4 Å². The van der Waals surface area contributed by atoms with Crippen LogP contribution in [0.5, 0.6) is 0 Å². The lowest BCUT2D eigenvalue weighted by Crippen LogP contribution is -2.29. The maximum atomic E-state index is 12.6. The first-order valence-electron chi connectivity index (χ1n) is 7.13. The molecule has 0 spiro atoms. The van der Waals surface area contributed by atoms with Gasteiger partial charge >= 0.3 is 0 Å². The molecular formula is C17H17Cl2NO3S. The van der Waals surface area contributed by atoms with Gasteiger partial charge in [-0.3, -0.25) is 4.79 Å². The van der Waals surface area contributed by atoms with E-state index in [0.29, 0.717) is 15.6 Å². The fourth-order valence-corrected chi connectivity index (χ4v) is 3.47. The molecule has 4 nitrogen and oxygen atoms in total. The molecule has 0 aromatic heterocycles. The summed E-state index contributed by atoms with van der Waals surface area (Å²) in [4.78, 5) is 14.3. The van der Waals surface area contributed by atoms with Crippen LogP contribution in [0.3, 0.4) is 0 Å². The molecule has 0 heterocycles. The van der Waals surface area contributed by atoms with E-state index in [-0.39, 0.29) is 16.8 Å². The highest BCUT2D eigenvalue weighted by Crippen LogP contribution is 2.29. The molecule has 0 N–H and O–H groups in total. The van der Waals surface area contributed by atoms with Crippen molar-refractivity contribution in [3.63, 3.8) is 0 Å². The van der Waals surface area contributed by atoms with Gasteiger partial charge in [-0.05, 0) is 48.9 Å². The smallest absolute Gasteiger partial charge is 0.254 e. The van der Waals surface area contributed by atoms with Gasteiger partial charge in [-0.1, -0.05) is 29.3 Å². The first-order valence-corrected chi connectivity index (χ1v) is 9.78. The summed E-state index contributed by atoms with van der Waals surface area (Å²) < 4.78 is 23.0. The van der Waals surface area contributed by atoms with Crippen molar-refractivity contribution in [2.75, 3.05) is 13.3 Å². The Kier molecular flexibility index (Phi) is 5.58. The van der Waals surface area contributed by atoms with Crippen molar-refractivity contribution in [3.8, 4) is 0 Å². The summed E-state index contributed by atoms with van der Waals surface area (Å²) in [5.74, 6) is -0.228. The van der Waals surface area contributed by atoms with Crippen molar-refractivity contribution in [1.29, 1.82) is 0 Å². The number of carbonyl (C=O) groups excluding carboxylic acids is 1. The quantitative estimate of drug-likeness (QED) is 0.790. The molecule has 0 saturated carbocycles. The Bertz CT molecular complexity index is 864. The lowest BCUT2D eigenvalue weighted by molar-refractivity contribution is 0.0742. The van der Waals surface area contributed by atoms with E-state index in [1.54, 1.807) is 30.1 Å². The molecule has 1 atom stereocenters. The molecule has 0 bridgehead atoms. The minimum absolute atomic E-state index is 0.176. The minimum atomic E-state index is -3.29. The van der Waals surface area contributed by atoms with Gasteiger partial charge in [-0.2, -0.15) is 0 Å². The zero-order chi connectivity index (χ0) is 18.1. The second-order valence-corrected chi connectivity index (χ2v) is 8.41. The minimum Gasteiger partial charge on any atom is -0.335 e. The third kappa shape index (κ3) is 4.09. The van der Waals surface area contributed by atoms with E-state index >= 15 is 0 Å². The summed E-state index contributed by atoms with van der Waals surface area (Å²) in [6.07, 6.45) is 1.13. The van der Waals surface area contributed by atoms with Crippen LogP contribution in [0.25, 0.3) is 0 Å². The van der Waals surface area contributed by atoms with E-state index in [9.17, 15) is 13.2 Å². The van der Waals surface area contributed by atoms with Gasteiger partial charge in [0.1, 0.15) is 0 Å². The summed E-state index contributed by atoms with van der Waals surface area (Å²) in [6, 6.07) is 10.7. The van der Waals surface area contributed by atoms with Crippen LogP contribution >= 0.6 is 23.2 Å². The summed E-state index contributed by atoms with van der Waals surface area (Å²) in [7, 11) is -1.62. The Morgan fingerprint density at radius 1 is 1.08 bits per heavy atom. The van der Waals surface area contributed by atoms with Crippen molar-refractivity contribution < 1.29 is 13.2 Å². The number of halogens is 2. The van der Waals surface area contributed by atoms with Gasteiger partial charge in [0.05, 0.1) is 10.9 Å². The van der Waals surface area contributed by atoms with Crippen molar-refractivity contribution in [2.45, 2.75) is 17.9 Å². The molecule has 0 unspecified atom stereocenters. The van der Waals surface area contributed by atoms with Crippen LogP contribution < -0.4 is 0 Å². The van der Waals surface area contributed by atoms with Gasteiger partial charge in [-0.25, -0.2) is 8.42 Å². The molecular weight excluding hydrogens is 369 g/mol. The fourth-order valence-electron chi connectivity index (χ4n) is 2.27. The molecule has 0 fully saturated rings. The van der Waals surface area contributed by atoms with Crippen molar-refractivity contribution in [3.05, 3.63) is 63.6 Å². The Labute approximate surface area is 151 Å². The number of benzene rings is 2. The number of carbonyl (C=O) groups is 1. The van der Waals surface area contributed by atoms with Crippen molar-refractivity contribution >= 4 is 38.9 Å². The van der Waals surface area contributed by atoms with E-state index in [2.05, 4.69) is 0 Å². The SMILES string of the molecule is C[C@@H](c1ccc(Cl)cc1Cl)N(C)C(=O)c1ccc(S(C)(=O)=O)cc1. The van der Waals surface area contributed by atoms with Gasteiger partial charge in [0, 0.05) is 28.9 Å². The van der Waals surface area contributed by atoms with E-state index in [1.807, 2.05) is 6.92 Å². The van der Waals surface area contributed by atoms with Crippen LogP contribution in [-0.4, -0.2) is 32.5 Å². The molecule has 24 heavy (non-hydrogen) atoms. The molecule has 128 valence electrons. The number of hydrogen-bond donors (Lipinski definition) is 0. The topological polar surface area (TPSA) is 54.5 Å². The molecule has 2 aromatic carbocycles. The molecule has 0 aliphatic heterocycles. The lowest BCUT2D eigenvalue weighted by Gasteiger charge is -2.26. The normalized spacial score (nSPS) is 12.7. The predicted octanol–water partition coefficient (Wildman–Crippen LogP) is 4.23. The average Bonchev–Trinajstić information content (AvgIpc) is 2.52. The second kappa shape index (κ2) is 7.13.